The van der Waals surface area contributed by atoms with Gasteiger partial charge in [-0.2, -0.15) is 0 Å². The lowest BCUT2D eigenvalue weighted by atomic mass is 10.3. The van der Waals surface area contributed by atoms with Crippen LogP contribution in [0.2, 0.25) is 0 Å². The zero-order valence-electron chi connectivity index (χ0n) is 7.13. The second-order valence-electron chi connectivity index (χ2n) is 2.10. The average Bonchev–Trinajstić information content (AvgIpc) is 1.89. The molecule has 0 saturated carbocycles. The van der Waals surface area contributed by atoms with Gasteiger partial charge in [-0.05, 0) is 26.8 Å². The SMILES string of the molecule is C=CC(C)=O.CC(=O)C(C)O. The maximum atomic E-state index is 9.89. The Morgan fingerprint density at radius 3 is 1.64 bits per heavy atom. The molecular formula is C8H14O3. The minimum Gasteiger partial charge on any atom is -0.386 e. The molecule has 3 heteroatoms. The zero-order valence-corrected chi connectivity index (χ0v) is 7.13. The van der Waals surface area contributed by atoms with Gasteiger partial charge in [0.25, 0.3) is 0 Å². The van der Waals surface area contributed by atoms with Crippen molar-refractivity contribution in [1.82, 2.24) is 0 Å². The predicted molar refractivity (Wildman–Crippen MR) is 43.2 cm³/mol. The summed E-state index contributed by atoms with van der Waals surface area (Å²) in [5.41, 5.74) is 0. The summed E-state index contributed by atoms with van der Waals surface area (Å²) in [6.07, 6.45) is 0.491. The third-order valence-corrected chi connectivity index (χ3v) is 0.876. The fourth-order valence-corrected chi connectivity index (χ4v) is 0. The zero-order chi connectivity index (χ0) is 9.44. The lowest BCUT2D eigenvalue weighted by Crippen LogP contribution is -2.10. The van der Waals surface area contributed by atoms with E-state index in [0.29, 0.717) is 0 Å². The molecule has 0 rings (SSSR count). The van der Waals surface area contributed by atoms with Crippen LogP contribution in [0.25, 0.3) is 0 Å². The molecule has 0 aromatic heterocycles. The first-order chi connectivity index (χ1) is 4.91. The van der Waals surface area contributed by atoms with E-state index in [1.807, 2.05) is 0 Å². The fraction of sp³-hybridized carbons (Fsp3) is 0.500. The number of Topliss-reactive ketones (excluding diaryl/α,β-unsaturated/α-hetero) is 1. The number of carbonyl (C=O) groups excluding carboxylic acids is 2. The van der Waals surface area contributed by atoms with Crippen LogP contribution in [0.4, 0.5) is 0 Å². The van der Waals surface area contributed by atoms with Crippen molar-refractivity contribution >= 4 is 11.6 Å². The highest BCUT2D eigenvalue weighted by Gasteiger charge is 1.97. The third kappa shape index (κ3) is 17.6. The maximum Gasteiger partial charge on any atom is 0.157 e. The Morgan fingerprint density at radius 1 is 1.45 bits per heavy atom. The summed E-state index contributed by atoms with van der Waals surface area (Å²) in [5, 5.41) is 8.28. The highest BCUT2D eigenvalue weighted by Crippen LogP contribution is 1.76. The van der Waals surface area contributed by atoms with Gasteiger partial charge >= 0.3 is 0 Å². The summed E-state index contributed by atoms with van der Waals surface area (Å²) in [6.45, 7) is 7.47. The Bertz CT molecular complexity index is 147. The van der Waals surface area contributed by atoms with Crippen molar-refractivity contribution in [1.29, 1.82) is 0 Å². The summed E-state index contributed by atoms with van der Waals surface area (Å²) >= 11 is 0. The summed E-state index contributed by atoms with van der Waals surface area (Å²) in [5.74, 6) is -0.167. The van der Waals surface area contributed by atoms with E-state index >= 15 is 0 Å². The Kier molecular flexibility index (Phi) is 8.25. The van der Waals surface area contributed by atoms with Crippen LogP contribution in [-0.2, 0) is 9.59 Å². The molecule has 0 aliphatic rings. The Balaban J connectivity index is 0. The maximum absolute atomic E-state index is 9.89. The van der Waals surface area contributed by atoms with Crippen LogP contribution in [0.5, 0.6) is 0 Å². The van der Waals surface area contributed by atoms with Gasteiger partial charge in [0, 0.05) is 0 Å². The van der Waals surface area contributed by atoms with Crippen molar-refractivity contribution in [2.75, 3.05) is 0 Å². The van der Waals surface area contributed by atoms with Crippen molar-refractivity contribution < 1.29 is 14.7 Å². The summed E-state index contributed by atoms with van der Waals surface area (Å²) in [4.78, 5) is 19.6. The number of aliphatic hydroxyl groups is 1. The number of hydrogen-bond donors (Lipinski definition) is 1. The lowest BCUT2D eigenvalue weighted by molar-refractivity contribution is -0.124. The first kappa shape index (κ1) is 12.7. The first-order valence-corrected chi connectivity index (χ1v) is 3.23. The van der Waals surface area contributed by atoms with Gasteiger partial charge in [-0.3, -0.25) is 9.59 Å². The Morgan fingerprint density at radius 2 is 1.64 bits per heavy atom. The van der Waals surface area contributed by atoms with E-state index in [0.717, 1.165) is 0 Å². The molecular weight excluding hydrogens is 144 g/mol. The van der Waals surface area contributed by atoms with E-state index in [1.165, 1.54) is 26.8 Å². The fourth-order valence-electron chi connectivity index (χ4n) is 0. The molecule has 11 heavy (non-hydrogen) atoms. The van der Waals surface area contributed by atoms with E-state index < -0.39 is 6.10 Å². The second-order valence-corrected chi connectivity index (χ2v) is 2.10. The smallest absolute Gasteiger partial charge is 0.157 e. The molecule has 1 N–H and O–H groups in total. The quantitative estimate of drug-likeness (QED) is 0.602. The minimum absolute atomic E-state index is 0.0185. The molecule has 0 bridgehead atoms. The van der Waals surface area contributed by atoms with Crippen molar-refractivity contribution in [2.45, 2.75) is 26.9 Å². The van der Waals surface area contributed by atoms with Gasteiger partial charge in [-0.1, -0.05) is 6.58 Å². The summed E-state index contributed by atoms with van der Waals surface area (Å²) < 4.78 is 0. The molecule has 0 spiro atoms. The molecule has 0 aromatic rings. The Hall–Kier alpha value is -0.960. The lowest BCUT2D eigenvalue weighted by Gasteiger charge is -1.90. The van der Waals surface area contributed by atoms with E-state index in [2.05, 4.69) is 6.58 Å². The van der Waals surface area contributed by atoms with Gasteiger partial charge in [0.15, 0.2) is 11.6 Å². The van der Waals surface area contributed by atoms with E-state index in [9.17, 15) is 9.59 Å². The van der Waals surface area contributed by atoms with Gasteiger partial charge in [0.1, 0.15) is 6.10 Å². The highest BCUT2D eigenvalue weighted by atomic mass is 16.3. The van der Waals surface area contributed by atoms with Crippen LogP contribution in [-0.4, -0.2) is 22.8 Å². The molecule has 0 aliphatic heterocycles. The largest absolute Gasteiger partial charge is 0.386 e. The van der Waals surface area contributed by atoms with Gasteiger partial charge in [0.05, 0.1) is 0 Å². The molecule has 0 fully saturated rings. The van der Waals surface area contributed by atoms with Crippen LogP contribution in [0.1, 0.15) is 20.8 Å². The van der Waals surface area contributed by atoms with Gasteiger partial charge in [0.2, 0.25) is 0 Å². The number of ketones is 2. The molecule has 64 valence electrons. The first-order valence-electron chi connectivity index (χ1n) is 3.23. The Labute approximate surface area is 66.7 Å². The molecule has 0 aromatic carbocycles. The van der Waals surface area contributed by atoms with Crippen molar-refractivity contribution in [2.24, 2.45) is 0 Å². The summed E-state index contributed by atoms with van der Waals surface area (Å²) in [6, 6.07) is 0. The molecule has 1 atom stereocenters. The standard InChI is InChI=1S/C4H8O2.C4H6O/c1-3(5)4(2)6;1-3-4(2)5/h3,5H,1-2H3;3H,1H2,2H3. The number of hydrogen-bond acceptors (Lipinski definition) is 3. The van der Waals surface area contributed by atoms with Gasteiger partial charge in [-0.25, -0.2) is 0 Å². The van der Waals surface area contributed by atoms with E-state index in [1.54, 1.807) is 0 Å². The monoisotopic (exact) mass is 158 g/mol. The number of rotatable bonds is 2. The van der Waals surface area contributed by atoms with Crippen molar-refractivity contribution in [3.8, 4) is 0 Å². The van der Waals surface area contributed by atoms with Crippen molar-refractivity contribution in [3.63, 3.8) is 0 Å². The van der Waals surface area contributed by atoms with Crippen LogP contribution in [0.3, 0.4) is 0 Å². The molecule has 0 saturated heterocycles. The predicted octanol–water partition coefficient (Wildman–Crippen LogP) is 0.718. The number of carbonyl (C=O) groups is 2. The van der Waals surface area contributed by atoms with E-state index in [4.69, 9.17) is 5.11 Å². The normalized spacial score (nSPS) is 10.5. The molecule has 0 heterocycles. The summed E-state index contributed by atoms with van der Waals surface area (Å²) in [7, 11) is 0. The molecule has 0 radical (unpaired) electrons. The molecule has 3 nitrogen and oxygen atoms in total. The van der Waals surface area contributed by atoms with Crippen LogP contribution < -0.4 is 0 Å². The van der Waals surface area contributed by atoms with Gasteiger partial charge < -0.3 is 5.11 Å². The molecule has 0 aliphatic carbocycles. The molecule has 0 amide bonds. The molecule has 1 unspecified atom stereocenters. The van der Waals surface area contributed by atoms with Crippen molar-refractivity contribution in [3.05, 3.63) is 12.7 Å². The average molecular weight is 158 g/mol. The van der Waals surface area contributed by atoms with Crippen LogP contribution in [0, 0.1) is 0 Å². The minimum atomic E-state index is -0.787. The number of allylic oxidation sites excluding steroid dienone is 1. The topological polar surface area (TPSA) is 54.4 Å². The number of aliphatic hydroxyl groups excluding tert-OH is 1. The van der Waals surface area contributed by atoms with Crippen LogP contribution in [0.15, 0.2) is 12.7 Å². The highest BCUT2D eigenvalue weighted by molar-refractivity contribution is 5.86. The van der Waals surface area contributed by atoms with Crippen LogP contribution >= 0.6 is 0 Å². The van der Waals surface area contributed by atoms with Gasteiger partial charge in [-0.15, -0.1) is 0 Å². The van der Waals surface area contributed by atoms with E-state index in [-0.39, 0.29) is 11.6 Å². The third-order valence-electron chi connectivity index (χ3n) is 0.876. The second kappa shape index (κ2) is 7.15.